The molecule has 0 unspecified atom stereocenters. The van der Waals surface area contributed by atoms with Crippen LogP contribution in [-0.2, 0) is 6.54 Å². The van der Waals surface area contributed by atoms with E-state index in [4.69, 9.17) is 22.7 Å². The molecular weight excluding hydrogens is 270 g/mol. The van der Waals surface area contributed by atoms with Gasteiger partial charge in [-0.25, -0.2) is 0 Å². The lowest BCUT2D eigenvalue weighted by atomic mass is 10.2. The quantitative estimate of drug-likeness (QED) is 0.596. The highest BCUT2D eigenvalue weighted by Crippen LogP contribution is 2.16. The lowest BCUT2D eigenvalue weighted by molar-refractivity contribution is 0.409. The summed E-state index contributed by atoms with van der Waals surface area (Å²) >= 11 is 5.25. The standard InChI is InChI=1S/C15H17N3OS/c1-19-14-5-3-2-4-11(14)10-17-15(20)18-13-8-6-12(16)7-9-13/h2-9H,10,16H2,1H3,(H2,17,18,20). The number of ether oxygens (including phenoxy) is 1. The maximum absolute atomic E-state index is 5.63. The van der Waals surface area contributed by atoms with E-state index in [-0.39, 0.29) is 0 Å². The summed E-state index contributed by atoms with van der Waals surface area (Å²) < 4.78 is 5.29. The molecule has 2 aromatic carbocycles. The van der Waals surface area contributed by atoms with Gasteiger partial charge in [0.1, 0.15) is 5.75 Å². The van der Waals surface area contributed by atoms with E-state index in [0.717, 1.165) is 22.7 Å². The number of nitrogens with one attached hydrogen (secondary N) is 2. The summed E-state index contributed by atoms with van der Waals surface area (Å²) in [4.78, 5) is 0. The van der Waals surface area contributed by atoms with Crippen LogP contribution in [0.25, 0.3) is 0 Å². The molecule has 2 aromatic rings. The first-order chi connectivity index (χ1) is 9.69. The van der Waals surface area contributed by atoms with Crippen LogP contribution in [0, 0.1) is 0 Å². The zero-order valence-corrected chi connectivity index (χ0v) is 12.0. The number of para-hydroxylation sites is 1. The van der Waals surface area contributed by atoms with Crippen molar-refractivity contribution < 1.29 is 4.74 Å². The van der Waals surface area contributed by atoms with Gasteiger partial charge in [0.25, 0.3) is 0 Å². The fourth-order valence-electron chi connectivity index (χ4n) is 1.77. The summed E-state index contributed by atoms with van der Waals surface area (Å²) in [5.41, 5.74) is 8.31. The summed E-state index contributed by atoms with van der Waals surface area (Å²) in [5.74, 6) is 0.843. The fourth-order valence-corrected chi connectivity index (χ4v) is 1.96. The van der Waals surface area contributed by atoms with Gasteiger partial charge in [-0.2, -0.15) is 0 Å². The molecule has 5 heteroatoms. The van der Waals surface area contributed by atoms with Crippen LogP contribution in [0.15, 0.2) is 48.5 Å². The minimum Gasteiger partial charge on any atom is -0.496 e. The largest absolute Gasteiger partial charge is 0.496 e. The zero-order valence-electron chi connectivity index (χ0n) is 11.2. The van der Waals surface area contributed by atoms with Crippen molar-refractivity contribution in [1.29, 1.82) is 0 Å². The van der Waals surface area contributed by atoms with Crippen LogP contribution >= 0.6 is 12.2 Å². The third-order valence-corrected chi connectivity index (χ3v) is 3.05. The van der Waals surface area contributed by atoms with E-state index in [9.17, 15) is 0 Å². The number of anilines is 2. The first-order valence-electron chi connectivity index (χ1n) is 6.21. The van der Waals surface area contributed by atoms with Gasteiger partial charge >= 0.3 is 0 Å². The Morgan fingerprint density at radius 1 is 1.15 bits per heavy atom. The second-order valence-electron chi connectivity index (χ2n) is 4.24. The lowest BCUT2D eigenvalue weighted by Crippen LogP contribution is -2.28. The fraction of sp³-hybridized carbons (Fsp3) is 0.133. The Morgan fingerprint density at radius 2 is 1.85 bits per heavy atom. The van der Waals surface area contributed by atoms with Crippen molar-refractivity contribution in [3.63, 3.8) is 0 Å². The maximum Gasteiger partial charge on any atom is 0.171 e. The summed E-state index contributed by atoms with van der Waals surface area (Å²) in [6.07, 6.45) is 0. The summed E-state index contributed by atoms with van der Waals surface area (Å²) in [6.45, 7) is 0.602. The molecule has 4 nitrogen and oxygen atoms in total. The predicted molar refractivity (Wildman–Crippen MR) is 86.9 cm³/mol. The third-order valence-electron chi connectivity index (χ3n) is 2.80. The number of methoxy groups -OCH3 is 1. The Bertz CT molecular complexity index is 584. The molecule has 0 aliphatic rings. The topological polar surface area (TPSA) is 59.3 Å². The van der Waals surface area contributed by atoms with E-state index in [0.29, 0.717) is 11.7 Å². The van der Waals surface area contributed by atoms with Crippen molar-refractivity contribution >= 4 is 28.7 Å². The molecule has 0 saturated heterocycles. The highest BCUT2D eigenvalue weighted by atomic mass is 32.1. The van der Waals surface area contributed by atoms with Crippen LogP contribution in [-0.4, -0.2) is 12.2 Å². The molecule has 0 atom stereocenters. The molecule has 4 N–H and O–H groups in total. The molecule has 0 aliphatic carbocycles. The van der Waals surface area contributed by atoms with E-state index in [1.807, 2.05) is 48.5 Å². The number of hydrogen-bond acceptors (Lipinski definition) is 3. The normalized spacial score (nSPS) is 9.85. The smallest absolute Gasteiger partial charge is 0.171 e. The summed E-state index contributed by atoms with van der Waals surface area (Å²) in [5, 5.41) is 6.80. The Kier molecular flexibility index (Phi) is 4.79. The number of benzene rings is 2. The highest BCUT2D eigenvalue weighted by Gasteiger charge is 2.02. The van der Waals surface area contributed by atoms with Crippen molar-refractivity contribution in [2.45, 2.75) is 6.54 Å². The summed E-state index contributed by atoms with van der Waals surface area (Å²) in [7, 11) is 1.66. The van der Waals surface area contributed by atoms with Gasteiger partial charge < -0.3 is 21.1 Å². The van der Waals surface area contributed by atoms with Gasteiger partial charge in [0, 0.05) is 23.5 Å². The van der Waals surface area contributed by atoms with Gasteiger partial charge in [-0.05, 0) is 42.5 Å². The van der Waals surface area contributed by atoms with Crippen LogP contribution in [0.1, 0.15) is 5.56 Å². The molecule has 0 radical (unpaired) electrons. The first-order valence-corrected chi connectivity index (χ1v) is 6.62. The molecule has 20 heavy (non-hydrogen) atoms. The monoisotopic (exact) mass is 287 g/mol. The lowest BCUT2D eigenvalue weighted by Gasteiger charge is -2.12. The second kappa shape index (κ2) is 6.77. The minimum atomic E-state index is 0.556. The van der Waals surface area contributed by atoms with Crippen molar-refractivity contribution in [2.24, 2.45) is 0 Å². The molecule has 0 aromatic heterocycles. The van der Waals surface area contributed by atoms with E-state index >= 15 is 0 Å². The average molecular weight is 287 g/mol. The van der Waals surface area contributed by atoms with E-state index in [1.165, 1.54) is 0 Å². The van der Waals surface area contributed by atoms with E-state index in [1.54, 1.807) is 7.11 Å². The predicted octanol–water partition coefficient (Wildman–Crippen LogP) is 2.76. The summed E-state index contributed by atoms with van der Waals surface area (Å²) in [6, 6.07) is 15.2. The SMILES string of the molecule is COc1ccccc1CNC(=S)Nc1ccc(N)cc1. The molecule has 104 valence electrons. The molecular formula is C15H17N3OS. The van der Waals surface area contributed by atoms with Gasteiger partial charge in [-0.1, -0.05) is 18.2 Å². The van der Waals surface area contributed by atoms with Gasteiger partial charge in [0.2, 0.25) is 0 Å². The molecule has 0 saturated carbocycles. The van der Waals surface area contributed by atoms with Crippen LogP contribution in [0.4, 0.5) is 11.4 Å². The van der Waals surface area contributed by atoms with Crippen LogP contribution in [0.5, 0.6) is 5.75 Å². The molecule has 0 spiro atoms. The van der Waals surface area contributed by atoms with Crippen LogP contribution in [0.3, 0.4) is 0 Å². The number of nitrogen functional groups attached to an aromatic ring is 1. The molecule has 0 aliphatic heterocycles. The number of rotatable bonds is 4. The second-order valence-corrected chi connectivity index (χ2v) is 4.65. The molecule has 0 heterocycles. The van der Waals surface area contributed by atoms with Crippen molar-refractivity contribution in [3.8, 4) is 5.75 Å². The van der Waals surface area contributed by atoms with E-state index in [2.05, 4.69) is 10.6 Å². The third kappa shape index (κ3) is 3.86. The van der Waals surface area contributed by atoms with Gasteiger partial charge in [0.15, 0.2) is 5.11 Å². The first kappa shape index (κ1) is 14.1. The number of thiocarbonyl (C=S) groups is 1. The maximum atomic E-state index is 5.63. The molecule has 2 rings (SSSR count). The Balaban J connectivity index is 1.90. The molecule has 0 bridgehead atoms. The number of nitrogens with two attached hydrogens (primary N) is 1. The number of hydrogen-bond donors (Lipinski definition) is 3. The van der Waals surface area contributed by atoms with Crippen LogP contribution < -0.4 is 21.1 Å². The van der Waals surface area contributed by atoms with Crippen molar-refractivity contribution in [2.75, 3.05) is 18.2 Å². The van der Waals surface area contributed by atoms with Crippen molar-refractivity contribution in [3.05, 3.63) is 54.1 Å². The van der Waals surface area contributed by atoms with Gasteiger partial charge in [-0.3, -0.25) is 0 Å². The molecule has 0 amide bonds. The minimum absolute atomic E-state index is 0.556. The van der Waals surface area contributed by atoms with E-state index < -0.39 is 0 Å². The van der Waals surface area contributed by atoms with Gasteiger partial charge in [-0.15, -0.1) is 0 Å². The average Bonchev–Trinajstić information content (AvgIpc) is 2.48. The Hall–Kier alpha value is -2.27. The van der Waals surface area contributed by atoms with Crippen LogP contribution in [0.2, 0.25) is 0 Å². The zero-order chi connectivity index (χ0) is 14.4. The molecule has 0 fully saturated rings. The Labute approximate surface area is 123 Å². The Morgan fingerprint density at radius 3 is 2.55 bits per heavy atom. The van der Waals surface area contributed by atoms with Gasteiger partial charge in [0.05, 0.1) is 7.11 Å². The van der Waals surface area contributed by atoms with Crippen molar-refractivity contribution in [1.82, 2.24) is 5.32 Å². The highest BCUT2D eigenvalue weighted by molar-refractivity contribution is 7.80.